The van der Waals surface area contributed by atoms with Crippen LogP contribution in [-0.2, 0) is 0 Å². The van der Waals surface area contributed by atoms with Crippen LogP contribution < -0.4 is 21.3 Å². The quantitative estimate of drug-likeness (QED) is 0.517. The van der Waals surface area contributed by atoms with Gasteiger partial charge in [-0.2, -0.15) is 0 Å². The third kappa shape index (κ3) is 2.38. The summed E-state index contributed by atoms with van der Waals surface area (Å²) in [7, 11) is 0. The Balaban J connectivity index is 1.28. The molecule has 4 nitrogen and oxygen atoms in total. The van der Waals surface area contributed by atoms with E-state index in [0.29, 0.717) is 24.2 Å². The molecule has 0 aromatic carbocycles. The maximum Gasteiger partial charge on any atom is 0.0273 e. The van der Waals surface area contributed by atoms with Crippen molar-refractivity contribution >= 4 is 0 Å². The summed E-state index contributed by atoms with van der Waals surface area (Å²) in [5.41, 5.74) is 0. The van der Waals surface area contributed by atoms with E-state index in [-0.39, 0.29) is 0 Å². The number of piperidine rings is 4. The van der Waals surface area contributed by atoms with Crippen molar-refractivity contribution in [2.45, 2.75) is 100 Å². The van der Waals surface area contributed by atoms with E-state index in [2.05, 4.69) is 21.3 Å². The molecule has 156 valence electrons. The zero-order chi connectivity index (χ0) is 18.2. The third-order valence-corrected chi connectivity index (χ3v) is 10.7. The average Bonchev–Trinajstić information content (AvgIpc) is 2.77. The summed E-state index contributed by atoms with van der Waals surface area (Å²) >= 11 is 0. The molecule has 28 heavy (non-hydrogen) atoms. The second kappa shape index (κ2) is 6.67. The maximum absolute atomic E-state index is 4.32. The van der Waals surface area contributed by atoms with Crippen LogP contribution >= 0.6 is 0 Å². The van der Waals surface area contributed by atoms with Gasteiger partial charge in [-0.05, 0) is 87.1 Å². The zero-order valence-corrected chi connectivity index (χ0v) is 17.4. The van der Waals surface area contributed by atoms with Crippen LogP contribution in [0.5, 0.6) is 0 Å². The fraction of sp³-hybridized carbons (Fsp3) is 1.00. The van der Waals surface area contributed by atoms with Gasteiger partial charge in [0.2, 0.25) is 0 Å². The molecule has 0 spiro atoms. The smallest absolute Gasteiger partial charge is 0.0273 e. The van der Waals surface area contributed by atoms with Crippen LogP contribution in [-0.4, -0.2) is 49.3 Å². The van der Waals surface area contributed by atoms with Gasteiger partial charge in [-0.25, -0.2) is 0 Å². The Bertz CT molecular complexity index is 557. The third-order valence-electron chi connectivity index (χ3n) is 10.7. The van der Waals surface area contributed by atoms with Crippen LogP contribution in [0.1, 0.15) is 64.2 Å². The van der Waals surface area contributed by atoms with Crippen molar-refractivity contribution in [3.63, 3.8) is 0 Å². The lowest BCUT2D eigenvalue weighted by Crippen LogP contribution is -2.82. The Hall–Kier alpha value is -0.160. The van der Waals surface area contributed by atoms with Crippen molar-refractivity contribution in [3.05, 3.63) is 0 Å². The van der Waals surface area contributed by atoms with Crippen molar-refractivity contribution in [2.75, 3.05) is 13.1 Å². The van der Waals surface area contributed by atoms with Gasteiger partial charge >= 0.3 is 0 Å². The standard InChI is InChI=1S/C24H40N4/c1-3-7-17-13(5-1)15-9-11-25-21-19(15)23(27-17)22-20-16(10-12-26-22)14-6-2-4-8-18(14)28-24(20)21/h13-28H,1-12H2. The predicted molar refractivity (Wildman–Crippen MR) is 112 cm³/mol. The summed E-state index contributed by atoms with van der Waals surface area (Å²) < 4.78 is 0. The predicted octanol–water partition coefficient (Wildman–Crippen LogP) is 2.25. The molecule has 12 atom stereocenters. The first-order valence-corrected chi connectivity index (χ1v) is 12.9. The molecule has 3 saturated carbocycles. The van der Waals surface area contributed by atoms with Crippen LogP contribution in [0.25, 0.3) is 0 Å². The first kappa shape index (κ1) is 17.5. The van der Waals surface area contributed by atoms with Gasteiger partial charge in [-0.15, -0.1) is 0 Å². The van der Waals surface area contributed by atoms with E-state index in [0.717, 1.165) is 47.6 Å². The fourth-order valence-corrected chi connectivity index (χ4v) is 9.89. The molecule has 0 radical (unpaired) electrons. The highest BCUT2D eigenvalue weighted by molar-refractivity contribution is 5.20. The Morgan fingerprint density at radius 2 is 0.893 bits per heavy atom. The molecule has 0 aromatic heterocycles. The molecule has 0 amide bonds. The van der Waals surface area contributed by atoms with Crippen molar-refractivity contribution < 1.29 is 0 Å². The Morgan fingerprint density at radius 1 is 0.429 bits per heavy atom. The van der Waals surface area contributed by atoms with E-state index in [9.17, 15) is 0 Å². The van der Waals surface area contributed by atoms with Crippen molar-refractivity contribution in [3.8, 4) is 0 Å². The van der Waals surface area contributed by atoms with Crippen LogP contribution in [0, 0.1) is 35.5 Å². The summed E-state index contributed by atoms with van der Waals surface area (Å²) in [4.78, 5) is 0. The maximum atomic E-state index is 4.32. The van der Waals surface area contributed by atoms with Gasteiger partial charge in [0.25, 0.3) is 0 Å². The summed E-state index contributed by atoms with van der Waals surface area (Å²) in [6.45, 7) is 2.53. The molecule has 7 aliphatic rings. The van der Waals surface area contributed by atoms with Gasteiger partial charge in [-0.3, -0.25) is 0 Å². The van der Waals surface area contributed by atoms with E-state index >= 15 is 0 Å². The molecule has 4 N–H and O–H groups in total. The van der Waals surface area contributed by atoms with Gasteiger partial charge in [0.05, 0.1) is 0 Å². The van der Waals surface area contributed by atoms with Crippen LogP contribution in [0.4, 0.5) is 0 Å². The van der Waals surface area contributed by atoms with E-state index in [1.54, 1.807) is 0 Å². The SMILES string of the molecule is C1CCC2C(C1)NC1C3NCCC4C5CCCCC5NC(C5NCCC2C51)C43. The van der Waals surface area contributed by atoms with Crippen LogP contribution in [0.3, 0.4) is 0 Å². The van der Waals surface area contributed by atoms with E-state index in [4.69, 9.17) is 0 Å². The van der Waals surface area contributed by atoms with E-state index < -0.39 is 0 Å². The molecule has 4 heteroatoms. The largest absolute Gasteiger partial charge is 0.312 e. The Labute approximate surface area is 170 Å². The summed E-state index contributed by atoms with van der Waals surface area (Å²) in [6.07, 6.45) is 14.6. The van der Waals surface area contributed by atoms with Crippen molar-refractivity contribution in [2.24, 2.45) is 35.5 Å². The minimum absolute atomic E-state index is 0.714. The lowest BCUT2D eigenvalue weighted by Gasteiger charge is -2.67. The summed E-state index contributed by atoms with van der Waals surface area (Å²) in [5.74, 6) is 5.55. The van der Waals surface area contributed by atoms with Crippen molar-refractivity contribution in [1.82, 2.24) is 21.3 Å². The average molecular weight is 385 g/mol. The van der Waals surface area contributed by atoms with Gasteiger partial charge < -0.3 is 21.3 Å². The number of hydrogen-bond acceptors (Lipinski definition) is 4. The molecule has 4 aliphatic heterocycles. The van der Waals surface area contributed by atoms with Gasteiger partial charge in [-0.1, -0.05) is 25.7 Å². The molecular weight excluding hydrogens is 344 g/mol. The fourth-order valence-electron chi connectivity index (χ4n) is 9.89. The van der Waals surface area contributed by atoms with E-state index in [1.807, 2.05) is 0 Å². The molecular formula is C24H40N4. The lowest BCUT2D eigenvalue weighted by molar-refractivity contribution is -0.109. The Morgan fingerprint density at radius 3 is 1.39 bits per heavy atom. The number of fused-ring (bicyclic) bond motifs is 6. The second-order valence-corrected chi connectivity index (χ2v) is 11.5. The van der Waals surface area contributed by atoms with Gasteiger partial charge in [0, 0.05) is 36.3 Å². The Kier molecular flexibility index (Phi) is 4.17. The normalized spacial score (nSPS) is 60.0. The zero-order valence-electron chi connectivity index (χ0n) is 17.4. The second-order valence-electron chi connectivity index (χ2n) is 11.5. The minimum atomic E-state index is 0.714. The number of rotatable bonds is 0. The lowest BCUT2D eigenvalue weighted by atomic mass is 9.50. The molecule has 0 aromatic rings. The minimum Gasteiger partial charge on any atom is -0.312 e. The molecule has 3 aliphatic carbocycles. The van der Waals surface area contributed by atoms with Crippen LogP contribution in [0.15, 0.2) is 0 Å². The highest BCUT2D eigenvalue weighted by Gasteiger charge is 2.63. The summed E-state index contributed by atoms with van der Waals surface area (Å²) in [5, 5.41) is 16.8. The highest BCUT2D eigenvalue weighted by atomic mass is 15.2. The first-order chi connectivity index (χ1) is 13.9. The van der Waals surface area contributed by atoms with Crippen molar-refractivity contribution in [1.29, 1.82) is 0 Å². The first-order valence-electron chi connectivity index (χ1n) is 12.9. The molecule has 7 fully saturated rings. The monoisotopic (exact) mass is 384 g/mol. The van der Waals surface area contributed by atoms with E-state index in [1.165, 1.54) is 77.3 Å². The van der Waals surface area contributed by atoms with Gasteiger partial charge in [0.1, 0.15) is 0 Å². The molecule has 4 heterocycles. The number of hydrogen-bond donors (Lipinski definition) is 4. The molecule has 7 rings (SSSR count). The molecule has 4 saturated heterocycles. The summed E-state index contributed by atoms with van der Waals surface area (Å²) in [6, 6.07) is 4.49. The van der Waals surface area contributed by atoms with Crippen LogP contribution in [0.2, 0.25) is 0 Å². The number of nitrogens with one attached hydrogen (secondary N) is 4. The molecule has 0 bridgehead atoms. The van der Waals surface area contributed by atoms with Gasteiger partial charge in [0.15, 0.2) is 0 Å². The topological polar surface area (TPSA) is 48.1 Å². The highest BCUT2D eigenvalue weighted by Crippen LogP contribution is 2.54. The molecule has 12 unspecified atom stereocenters.